The van der Waals surface area contributed by atoms with Gasteiger partial charge in [-0.25, -0.2) is 4.79 Å². The Morgan fingerprint density at radius 2 is 2.00 bits per heavy atom. The van der Waals surface area contributed by atoms with E-state index < -0.39 is 5.97 Å². The summed E-state index contributed by atoms with van der Waals surface area (Å²) in [4.78, 5) is 17.9. The largest absolute Gasteiger partial charge is 0.481 e. The summed E-state index contributed by atoms with van der Waals surface area (Å²) in [6, 6.07) is 1.18. The van der Waals surface area contributed by atoms with Gasteiger partial charge in [0.2, 0.25) is 5.88 Å². The fraction of sp³-hybridized carbons (Fsp3) is 0.286. The molecule has 78 valence electrons. The number of aromatic carboxylic acids is 1. The molecule has 7 heteroatoms. The summed E-state index contributed by atoms with van der Waals surface area (Å²) in [6.45, 7) is 0. The lowest BCUT2D eigenvalue weighted by Crippen LogP contribution is -2.04. The highest BCUT2D eigenvalue weighted by Crippen LogP contribution is 2.12. The van der Waals surface area contributed by atoms with Gasteiger partial charge in [-0.2, -0.15) is 9.97 Å². The summed E-state index contributed by atoms with van der Waals surface area (Å²) in [7, 11) is 2.73. The van der Waals surface area contributed by atoms with Gasteiger partial charge in [-0.1, -0.05) is 0 Å². The van der Waals surface area contributed by atoms with E-state index >= 15 is 0 Å². The first-order chi connectivity index (χ1) is 6.17. The van der Waals surface area contributed by atoms with Crippen LogP contribution in [0.3, 0.4) is 0 Å². The number of nitrogens with zero attached hydrogens (tertiary/aromatic N) is 2. The minimum absolute atomic E-state index is 0. The third-order valence-electron chi connectivity index (χ3n) is 1.29. The van der Waals surface area contributed by atoms with Crippen LogP contribution in [0.1, 0.15) is 10.5 Å². The molecule has 0 saturated carbocycles. The molecule has 1 aromatic rings. The van der Waals surface area contributed by atoms with E-state index in [1.165, 1.54) is 20.3 Å². The van der Waals surface area contributed by atoms with Crippen LogP contribution in [0.15, 0.2) is 6.07 Å². The molecule has 0 saturated heterocycles. The Balaban J connectivity index is 0.00000169. The maximum Gasteiger partial charge on any atom is 0.354 e. The minimum atomic E-state index is -1.15. The lowest BCUT2D eigenvalue weighted by Gasteiger charge is -2.02. The van der Waals surface area contributed by atoms with Gasteiger partial charge in [-0.15, -0.1) is 12.4 Å². The van der Waals surface area contributed by atoms with Crippen molar-refractivity contribution >= 4 is 18.4 Å². The van der Waals surface area contributed by atoms with Crippen LogP contribution >= 0.6 is 12.4 Å². The van der Waals surface area contributed by atoms with E-state index in [2.05, 4.69) is 14.7 Å². The third-order valence-corrected chi connectivity index (χ3v) is 1.29. The second-order valence-corrected chi connectivity index (χ2v) is 2.09. The zero-order valence-corrected chi connectivity index (χ0v) is 8.37. The van der Waals surface area contributed by atoms with Crippen LogP contribution in [0, 0.1) is 0 Å². The first kappa shape index (κ1) is 12.4. The summed E-state index contributed by atoms with van der Waals surface area (Å²) in [6.07, 6.45) is 0. The predicted molar refractivity (Wildman–Crippen MR) is 49.3 cm³/mol. The van der Waals surface area contributed by atoms with Gasteiger partial charge in [-0.3, -0.25) is 0 Å². The Kier molecular flexibility index (Phi) is 4.65. The van der Waals surface area contributed by atoms with Gasteiger partial charge in [0.15, 0.2) is 5.69 Å². The SMILES string of the molecule is COc1cc(C(=O)O)nc(OC)n1.Cl. The molecular formula is C7H9ClN2O4. The summed E-state index contributed by atoms with van der Waals surface area (Å²) in [5.74, 6) is -0.997. The van der Waals surface area contributed by atoms with Crippen LogP contribution in [0.4, 0.5) is 0 Å². The highest BCUT2D eigenvalue weighted by atomic mass is 35.5. The molecule has 0 amide bonds. The summed E-state index contributed by atoms with van der Waals surface area (Å²) >= 11 is 0. The molecule has 0 unspecified atom stereocenters. The molecule has 14 heavy (non-hydrogen) atoms. The van der Waals surface area contributed by atoms with Crippen molar-refractivity contribution in [3.8, 4) is 11.9 Å². The van der Waals surface area contributed by atoms with Crippen LogP contribution in [-0.2, 0) is 0 Å². The smallest absolute Gasteiger partial charge is 0.354 e. The van der Waals surface area contributed by atoms with Gasteiger partial charge < -0.3 is 14.6 Å². The second-order valence-electron chi connectivity index (χ2n) is 2.09. The number of hydrogen-bond acceptors (Lipinski definition) is 5. The van der Waals surface area contributed by atoms with Crippen molar-refractivity contribution in [2.45, 2.75) is 0 Å². The van der Waals surface area contributed by atoms with Crippen molar-refractivity contribution in [2.75, 3.05) is 14.2 Å². The first-order valence-corrected chi connectivity index (χ1v) is 3.37. The maximum absolute atomic E-state index is 10.5. The second kappa shape index (κ2) is 5.23. The molecule has 1 aromatic heterocycles. The number of halogens is 1. The normalized spacial score (nSPS) is 8.71. The Labute approximate surface area is 86.3 Å². The van der Waals surface area contributed by atoms with Crippen molar-refractivity contribution in [3.63, 3.8) is 0 Å². The molecule has 0 aromatic carbocycles. The summed E-state index contributed by atoms with van der Waals surface area (Å²) in [5, 5.41) is 8.62. The molecule has 0 radical (unpaired) electrons. The van der Waals surface area contributed by atoms with Gasteiger partial charge in [-0.05, 0) is 0 Å². The van der Waals surface area contributed by atoms with Crippen LogP contribution in [0.2, 0.25) is 0 Å². The lowest BCUT2D eigenvalue weighted by atomic mass is 10.4. The maximum atomic E-state index is 10.5. The van der Waals surface area contributed by atoms with E-state index in [0.29, 0.717) is 0 Å². The standard InChI is InChI=1S/C7H8N2O4.ClH/c1-12-5-3-4(6(10)11)8-7(9-5)13-2;/h3H,1-2H3,(H,10,11);1H. The third kappa shape index (κ3) is 2.74. The van der Waals surface area contributed by atoms with Crippen molar-refractivity contribution in [1.82, 2.24) is 9.97 Å². The van der Waals surface area contributed by atoms with Gasteiger partial charge in [0.05, 0.1) is 14.2 Å². The Morgan fingerprint density at radius 3 is 2.43 bits per heavy atom. The molecule has 0 spiro atoms. The highest BCUT2D eigenvalue weighted by Gasteiger charge is 2.10. The highest BCUT2D eigenvalue weighted by molar-refractivity contribution is 5.85. The number of carboxylic acids is 1. The van der Waals surface area contributed by atoms with Gasteiger partial charge in [0.1, 0.15) is 0 Å². The molecule has 0 fully saturated rings. The molecule has 1 N–H and O–H groups in total. The van der Waals surface area contributed by atoms with Gasteiger partial charge >= 0.3 is 12.0 Å². The number of carbonyl (C=O) groups is 1. The van der Waals surface area contributed by atoms with Crippen molar-refractivity contribution in [3.05, 3.63) is 11.8 Å². The number of rotatable bonds is 3. The predicted octanol–water partition coefficient (Wildman–Crippen LogP) is 0.614. The van der Waals surface area contributed by atoms with E-state index in [9.17, 15) is 4.79 Å². The number of aromatic nitrogens is 2. The minimum Gasteiger partial charge on any atom is -0.481 e. The Hall–Kier alpha value is -1.56. The first-order valence-electron chi connectivity index (χ1n) is 3.37. The Bertz CT molecular complexity index is 309. The molecule has 1 heterocycles. The average molecular weight is 221 g/mol. The molecule has 0 aliphatic rings. The van der Waals surface area contributed by atoms with Crippen LogP contribution in [0.5, 0.6) is 11.9 Å². The number of methoxy groups -OCH3 is 2. The average Bonchev–Trinajstić information content (AvgIpc) is 2.16. The summed E-state index contributed by atoms with van der Waals surface area (Å²) < 4.78 is 9.43. The van der Waals surface area contributed by atoms with E-state index in [1.807, 2.05) is 0 Å². The number of carboxylic acid groups (broad SMARTS) is 1. The van der Waals surface area contributed by atoms with Crippen molar-refractivity contribution in [2.24, 2.45) is 0 Å². The van der Waals surface area contributed by atoms with Crippen molar-refractivity contribution < 1.29 is 19.4 Å². The van der Waals surface area contributed by atoms with Gasteiger partial charge in [0.25, 0.3) is 0 Å². The summed E-state index contributed by atoms with van der Waals surface area (Å²) in [5.41, 5.74) is -0.163. The molecule has 0 atom stereocenters. The van der Waals surface area contributed by atoms with Crippen LogP contribution in [0.25, 0.3) is 0 Å². The number of hydrogen-bond donors (Lipinski definition) is 1. The van der Waals surface area contributed by atoms with Crippen LogP contribution < -0.4 is 9.47 Å². The monoisotopic (exact) mass is 220 g/mol. The van der Waals surface area contributed by atoms with E-state index in [1.54, 1.807) is 0 Å². The fourth-order valence-electron chi connectivity index (χ4n) is 0.709. The molecular weight excluding hydrogens is 212 g/mol. The lowest BCUT2D eigenvalue weighted by molar-refractivity contribution is 0.0688. The quantitative estimate of drug-likeness (QED) is 0.804. The molecule has 0 aliphatic carbocycles. The molecule has 0 aliphatic heterocycles. The van der Waals surface area contributed by atoms with E-state index in [4.69, 9.17) is 9.84 Å². The zero-order valence-electron chi connectivity index (χ0n) is 7.55. The van der Waals surface area contributed by atoms with Crippen LogP contribution in [-0.4, -0.2) is 35.3 Å². The van der Waals surface area contributed by atoms with E-state index in [0.717, 1.165) is 0 Å². The molecule has 1 rings (SSSR count). The Morgan fingerprint density at radius 1 is 1.36 bits per heavy atom. The topological polar surface area (TPSA) is 81.5 Å². The van der Waals surface area contributed by atoms with E-state index in [-0.39, 0.29) is 30.0 Å². The number of ether oxygens (including phenoxy) is 2. The van der Waals surface area contributed by atoms with Crippen molar-refractivity contribution in [1.29, 1.82) is 0 Å². The van der Waals surface area contributed by atoms with Gasteiger partial charge in [0, 0.05) is 6.07 Å². The fourth-order valence-corrected chi connectivity index (χ4v) is 0.709. The molecule has 6 nitrogen and oxygen atoms in total. The molecule has 0 bridgehead atoms. The zero-order chi connectivity index (χ0) is 9.84.